The van der Waals surface area contributed by atoms with Crippen molar-refractivity contribution in [2.75, 3.05) is 32.0 Å². The van der Waals surface area contributed by atoms with Gasteiger partial charge in [0, 0.05) is 30.9 Å². The maximum atomic E-state index is 4.63. The fourth-order valence-electron chi connectivity index (χ4n) is 1.95. The average molecular weight is 275 g/mol. The van der Waals surface area contributed by atoms with E-state index < -0.39 is 0 Å². The summed E-state index contributed by atoms with van der Waals surface area (Å²) >= 11 is 0. The van der Waals surface area contributed by atoms with Crippen LogP contribution < -0.4 is 5.32 Å². The lowest BCUT2D eigenvalue weighted by Gasteiger charge is -2.14. The third kappa shape index (κ3) is 3.28. The standard InChI is InChI=1S/C15H25N5/c1-6-19(5)9-7-16-14-12-11-13(15(2,3)4)18-20(12)10-8-17-14/h8,10-11H,6-7,9H2,1-5H3,(H,16,17). The van der Waals surface area contributed by atoms with E-state index in [1.807, 2.05) is 10.7 Å². The van der Waals surface area contributed by atoms with Crippen molar-refractivity contribution in [1.29, 1.82) is 0 Å². The SMILES string of the molecule is CCN(C)CCNc1nccn2nc(C(C)(C)C)cc12. The second-order valence-corrected chi connectivity index (χ2v) is 6.21. The van der Waals surface area contributed by atoms with Gasteiger partial charge in [-0.2, -0.15) is 5.10 Å². The third-order valence-electron chi connectivity index (χ3n) is 3.48. The van der Waals surface area contributed by atoms with Gasteiger partial charge in [-0.15, -0.1) is 0 Å². The number of likely N-dealkylation sites (N-methyl/N-ethyl adjacent to an activating group) is 1. The van der Waals surface area contributed by atoms with Gasteiger partial charge in [0.2, 0.25) is 0 Å². The van der Waals surface area contributed by atoms with E-state index in [2.05, 4.69) is 61.1 Å². The van der Waals surface area contributed by atoms with E-state index >= 15 is 0 Å². The number of hydrogen-bond acceptors (Lipinski definition) is 4. The Morgan fingerprint density at radius 2 is 2.10 bits per heavy atom. The largest absolute Gasteiger partial charge is 0.367 e. The predicted octanol–water partition coefficient (Wildman–Crippen LogP) is 2.39. The Labute approximate surface area is 121 Å². The zero-order chi connectivity index (χ0) is 14.8. The van der Waals surface area contributed by atoms with Gasteiger partial charge >= 0.3 is 0 Å². The van der Waals surface area contributed by atoms with Gasteiger partial charge in [0.1, 0.15) is 5.52 Å². The van der Waals surface area contributed by atoms with Crippen LogP contribution in [0.15, 0.2) is 18.5 Å². The van der Waals surface area contributed by atoms with Crippen molar-refractivity contribution in [3.63, 3.8) is 0 Å². The van der Waals surface area contributed by atoms with Crippen LogP contribution in [0.2, 0.25) is 0 Å². The summed E-state index contributed by atoms with van der Waals surface area (Å²) in [6, 6.07) is 2.12. The summed E-state index contributed by atoms with van der Waals surface area (Å²) in [4.78, 5) is 6.70. The highest BCUT2D eigenvalue weighted by Crippen LogP contribution is 2.24. The maximum Gasteiger partial charge on any atom is 0.152 e. The minimum Gasteiger partial charge on any atom is -0.367 e. The molecule has 0 saturated carbocycles. The van der Waals surface area contributed by atoms with Crippen molar-refractivity contribution < 1.29 is 0 Å². The molecule has 5 nitrogen and oxygen atoms in total. The summed E-state index contributed by atoms with van der Waals surface area (Å²) in [7, 11) is 2.12. The molecular weight excluding hydrogens is 250 g/mol. The molecule has 2 heterocycles. The molecule has 0 aliphatic carbocycles. The topological polar surface area (TPSA) is 45.5 Å². The highest BCUT2D eigenvalue weighted by atomic mass is 15.2. The quantitative estimate of drug-likeness (QED) is 0.910. The van der Waals surface area contributed by atoms with Crippen LogP contribution in [0.25, 0.3) is 5.52 Å². The highest BCUT2D eigenvalue weighted by molar-refractivity contribution is 5.68. The summed E-state index contributed by atoms with van der Waals surface area (Å²) in [5.74, 6) is 0.903. The number of aromatic nitrogens is 3. The zero-order valence-corrected chi connectivity index (χ0v) is 13.1. The fourth-order valence-corrected chi connectivity index (χ4v) is 1.95. The second-order valence-electron chi connectivity index (χ2n) is 6.21. The molecule has 20 heavy (non-hydrogen) atoms. The molecule has 0 bridgehead atoms. The van der Waals surface area contributed by atoms with E-state index in [-0.39, 0.29) is 5.41 Å². The van der Waals surface area contributed by atoms with E-state index in [0.29, 0.717) is 0 Å². The predicted molar refractivity (Wildman–Crippen MR) is 83.3 cm³/mol. The molecular formula is C15H25N5. The van der Waals surface area contributed by atoms with E-state index in [0.717, 1.165) is 36.7 Å². The first-order valence-corrected chi connectivity index (χ1v) is 7.19. The van der Waals surface area contributed by atoms with Crippen LogP contribution in [0.3, 0.4) is 0 Å². The van der Waals surface area contributed by atoms with E-state index in [9.17, 15) is 0 Å². The van der Waals surface area contributed by atoms with E-state index in [4.69, 9.17) is 0 Å². The van der Waals surface area contributed by atoms with Gasteiger partial charge in [0.15, 0.2) is 5.82 Å². The average Bonchev–Trinajstić information content (AvgIpc) is 2.83. The molecule has 0 aliphatic heterocycles. The Balaban J connectivity index is 2.19. The number of hydrogen-bond donors (Lipinski definition) is 1. The normalized spacial score (nSPS) is 12.3. The molecule has 0 radical (unpaired) electrons. The Morgan fingerprint density at radius 1 is 1.35 bits per heavy atom. The first kappa shape index (κ1) is 14.8. The van der Waals surface area contributed by atoms with Gasteiger partial charge in [-0.25, -0.2) is 9.50 Å². The van der Waals surface area contributed by atoms with E-state index in [1.54, 1.807) is 6.20 Å². The highest BCUT2D eigenvalue weighted by Gasteiger charge is 2.18. The Kier molecular flexibility index (Phi) is 4.28. The Hall–Kier alpha value is -1.62. The summed E-state index contributed by atoms with van der Waals surface area (Å²) in [6.45, 7) is 11.6. The molecule has 0 amide bonds. The van der Waals surface area contributed by atoms with Crippen LogP contribution in [-0.2, 0) is 5.41 Å². The lowest BCUT2D eigenvalue weighted by Crippen LogP contribution is -2.25. The zero-order valence-electron chi connectivity index (χ0n) is 13.1. The van der Waals surface area contributed by atoms with Gasteiger partial charge in [-0.3, -0.25) is 0 Å². The van der Waals surface area contributed by atoms with Crippen molar-refractivity contribution in [2.24, 2.45) is 0 Å². The molecule has 0 aliphatic rings. The Morgan fingerprint density at radius 3 is 2.75 bits per heavy atom. The smallest absolute Gasteiger partial charge is 0.152 e. The summed E-state index contributed by atoms with van der Waals surface area (Å²) < 4.78 is 1.90. The van der Waals surface area contributed by atoms with Gasteiger partial charge in [0.25, 0.3) is 0 Å². The van der Waals surface area contributed by atoms with Crippen molar-refractivity contribution in [1.82, 2.24) is 19.5 Å². The minimum atomic E-state index is 0.0473. The Bertz CT molecular complexity index is 567. The van der Waals surface area contributed by atoms with Crippen molar-refractivity contribution in [3.05, 3.63) is 24.2 Å². The molecule has 0 spiro atoms. The molecule has 2 rings (SSSR count). The summed E-state index contributed by atoms with van der Waals surface area (Å²) in [5.41, 5.74) is 2.17. The molecule has 110 valence electrons. The fraction of sp³-hybridized carbons (Fsp3) is 0.600. The lowest BCUT2D eigenvalue weighted by atomic mass is 9.92. The number of rotatable bonds is 5. The molecule has 5 heteroatoms. The monoisotopic (exact) mass is 275 g/mol. The van der Waals surface area contributed by atoms with Crippen LogP contribution in [0.1, 0.15) is 33.4 Å². The molecule has 0 unspecified atom stereocenters. The van der Waals surface area contributed by atoms with Crippen LogP contribution in [-0.4, -0.2) is 46.2 Å². The second kappa shape index (κ2) is 5.79. The first-order valence-electron chi connectivity index (χ1n) is 7.19. The molecule has 0 aromatic carbocycles. The molecule has 2 aromatic rings. The van der Waals surface area contributed by atoms with Crippen LogP contribution in [0.4, 0.5) is 5.82 Å². The molecule has 2 aromatic heterocycles. The molecule has 0 saturated heterocycles. The van der Waals surface area contributed by atoms with Crippen molar-refractivity contribution in [2.45, 2.75) is 33.1 Å². The number of fused-ring (bicyclic) bond motifs is 1. The van der Waals surface area contributed by atoms with Gasteiger partial charge in [-0.1, -0.05) is 27.7 Å². The third-order valence-corrected chi connectivity index (χ3v) is 3.48. The van der Waals surface area contributed by atoms with Crippen LogP contribution in [0, 0.1) is 0 Å². The van der Waals surface area contributed by atoms with Gasteiger partial charge < -0.3 is 10.2 Å². The van der Waals surface area contributed by atoms with Gasteiger partial charge in [-0.05, 0) is 19.7 Å². The number of anilines is 1. The summed E-state index contributed by atoms with van der Waals surface area (Å²) in [5, 5.41) is 8.03. The number of nitrogens with one attached hydrogen (secondary N) is 1. The molecule has 0 fully saturated rings. The maximum absolute atomic E-state index is 4.63. The van der Waals surface area contributed by atoms with Crippen LogP contribution in [0.5, 0.6) is 0 Å². The van der Waals surface area contributed by atoms with Crippen molar-refractivity contribution >= 4 is 11.3 Å². The van der Waals surface area contributed by atoms with E-state index in [1.165, 1.54) is 0 Å². The minimum absolute atomic E-state index is 0.0473. The first-order chi connectivity index (χ1) is 9.41. The number of nitrogens with zero attached hydrogens (tertiary/aromatic N) is 4. The molecule has 1 N–H and O–H groups in total. The van der Waals surface area contributed by atoms with Crippen LogP contribution >= 0.6 is 0 Å². The summed E-state index contributed by atoms with van der Waals surface area (Å²) in [6.07, 6.45) is 3.69. The molecule has 0 atom stereocenters. The lowest BCUT2D eigenvalue weighted by molar-refractivity contribution is 0.367. The van der Waals surface area contributed by atoms with Crippen molar-refractivity contribution in [3.8, 4) is 0 Å². The van der Waals surface area contributed by atoms with Gasteiger partial charge in [0.05, 0.1) is 5.69 Å².